The average molecular weight is 856 g/mol. The van der Waals surface area contributed by atoms with E-state index >= 15 is 0 Å². The van der Waals surface area contributed by atoms with Gasteiger partial charge in [-0.15, -0.1) is 0 Å². The number of furan rings is 1. The van der Waals surface area contributed by atoms with Gasteiger partial charge in [-0.3, -0.25) is 0 Å². The van der Waals surface area contributed by atoms with Gasteiger partial charge in [-0.1, -0.05) is 164 Å². The highest BCUT2D eigenvalue weighted by Crippen LogP contribution is 2.44. The number of nitrogens with zero attached hydrogens (tertiary/aromatic N) is 5. The molecule has 6 heteroatoms. The van der Waals surface area contributed by atoms with Crippen LogP contribution in [-0.4, -0.2) is 24.1 Å². The number of hydrogen-bond acceptors (Lipinski definition) is 4. The van der Waals surface area contributed by atoms with Crippen molar-refractivity contribution in [3.8, 4) is 56.7 Å². The average Bonchev–Trinajstić information content (AvgIpc) is 4.05. The lowest BCUT2D eigenvalue weighted by Crippen LogP contribution is -2.04. The van der Waals surface area contributed by atoms with Gasteiger partial charge in [-0.05, 0) is 82.6 Å². The minimum Gasteiger partial charge on any atom is -0.456 e. The number of hydrogen-bond donors (Lipinski definition) is 0. The van der Waals surface area contributed by atoms with E-state index in [0.717, 1.165) is 88.6 Å². The molecule has 0 aliphatic carbocycles. The van der Waals surface area contributed by atoms with Crippen LogP contribution in [-0.2, 0) is 0 Å². The number of para-hydroxylation sites is 4. The first-order chi connectivity index (χ1) is 33.2. The summed E-state index contributed by atoms with van der Waals surface area (Å²) in [6, 6.07) is 79.1. The molecular weight excluding hydrogens is 819 g/mol. The zero-order chi connectivity index (χ0) is 44.0. The van der Waals surface area contributed by atoms with E-state index in [1.54, 1.807) is 0 Å². The zero-order valence-electron chi connectivity index (χ0n) is 36.0. The quantitative estimate of drug-likeness (QED) is 0.167. The van der Waals surface area contributed by atoms with Crippen LogP contribution in [0, 0.1) is 0 Å². The lowest BCUT2D eigenvalue weighted by molar-refractivity contribution is 0.669. The van der Waals surface area contributed by atoms with E-state index in [1.807, 2.05) is 18.2 Å². The van der Waals surface area contributed by atoms with Gasteiger partial charge in [0.1, 0.15) is 11.2 Å². The fourth-order valence-corrected chi connectivity index (χ4v) is 10.3. The van der Waals surface area contributed by atoms with Gasteiger partial charge in [-0.25, -0.2) is 15.0 Å². The Balaban J connectivity index is 1.08. The summed E-state index contributed by atoms with van der Waals surface area (Å²) in [4.78, 5) is 16.4. The van der Waals surface area contributed by atoms with Crippen molar-refractivity contribution in [2.75, 3.05) is 0 Å². The first-order valence-electron chi connectivity index (χ1n) is 22.6. The van der Waals surface area contributed by atoms with Crippen molar-refractivity contribution in [3.05, 3.63) is 224 Å². The van der Waals surface area contributed by atoms with E-state index in [1.165, 1.54) is 26.9 Å². The molecule has 0 atom stereocenters. The third kappa shape index (κ3) is 5.86. The maximum atomic E-state index is 6.65. The highest BCUT2D eigenvalue weighted by Gasteiger charge is 2.25. The third-order valence-corrected chi connectivity index (χ3v) is 13.4. The largest absolute Gasteiger partial charge is 0.456 e. The number of rotatable bonds is 6. The van der Waals surface area contributed by atoms with Crippen LogP contribution < -0.4 is 0 Å². The Labute approximate surface area is 384 Å². The first kappa shape index (κ1) is 37.3. The Bertz CT molecular complexity index is 4260. The molecule has 312 valence electrons. The van der Waals surface area contributed by atoms with Crippen LogP contribution in [0.1, 0.15) is 0 Å². The van der Waals surface area contributed by atoms with Gasteiger partial charge in [0.25, 0.3) is 0 Å². The van der Waals surface area contributed by atoms with Gasteiger partial charge >= 0.3 is 0 Å². The van der Waals surface area contributed by atoms with Crippen molar-refractivity contribution in [2.45, 2.75) is 0 Å². The maximum Gasteiger partial charge on any atom is 0.166 e. The Hall–Kier alpha value is -9.13. The van der Waals surface area contributed by atoms with Gasteiger partial charge in [-0.2, -0.15) is 0 Å². The minimum atomic E-state index is 0.551. The molecule has 0 amide bonds. The summed E-state index contributed by atoms with van der Waals surface area (Å²) in [7, 11) is 0. The zero-order valence-corrected chi connectivity index (χ0v) is 36.0. The van der Waals surface area contributed by atoms with Crippen LogP contribution in [0.5, 0.6) is 0 Å². The molecule has 14 aromatic rings. The van der Waals surface area contributed by atoms with Crippen molar-refractivity contribution < 1.29 is 4.42 Å². The summed E-state index contributed by atoms with van der Waals surface area (Å²) in [5, 5.41) is 8.99. The normalized spacial score (nSPS) is 11.9. The van der Waals surface area contributed by atoms with Gasteiger partial charge in [0.05, 0.1) is 33.3 Å². The molecule has 4 heterocycles. The third-order valence-electron chi connectivity index (χ3n) is 13.4. The van der Waals surface area contributed by atoms with Gasteiger partial charge in [0, 0.05) is 49.1 Å². The molecule has 0 saturated heterocycles. The van der Waals surface area contributed by atoms with Crippen molar-refractivity contribution in [2.24, 2.45) is 0 Å². The Morgan fingerprint density at radius 3 is 1.63 bits per heavy atom. The van der Waals surface area contributed by atoms with Crippen LogP contribution in [0.25, 0.3) is 133 Å². The molecule has 0 aliphatic heterocycles. The van der Waals surface area contributed by atoms with E-state index in [2.05, 4.69) is 215 Å². The molecule has 0 saturated carbocycles. The van der Waals surface area contributed by atoms with Crippen molar-refractivity contribution in [1.82, 2.24) is 24.1 Å². The van der Waals surface area contributed by atoms with Crippen LogP contribution in [0.4, 0.5) is 0 Å². The van der Waals surface area contributed by atoms with Gasteiger partial charge in [0.15, 0.2) is 17.5 Å². The molecule has 4 aromatic heterocycles. The van der Waals surface area contributed by atoms with Crippen molar-refractivity contribution in [3.63, 3.8) is 0 Å². The molecule has 6 nitrogen and oxygen atoms in total. The molecule has 10 aromatic carbocycles. The SMILES string of the molecule is c1ccc(-c2ccc(-c3nc(-c4ccc5c6ccccc6n(-c6ccccc6)c5c4)nc(-c4c(-n5c6ccccc6c6cc7ccccc7cc65)ccc5oc6ccccc6c45)n3)cc2)cc1. The number of aromatic nitrogens is 5. The maximum absolute atomic E-state index is 6.65. The Kier molecular flexibility index (Phi) is 8.18. The summed E-state index contributed by atoms with van der Waals surface area (Å²) in [6.07, 6.45) is 0. The van der Waals surface area contributed by atoms with Crippen LogP contribution in [0.2, 0.25) is 0 Å². The molecule has 14 rings (SSSR count). The predicted octanol–water partition coefficient (Wildman–Crippen LogP) is 15.8. The number of fused-ring (bicyclic) bond motifs is 10. The fourth-order valence-electron chi connectivity index (χ4n) is 10.3. The standard InChI is InChI=1S/C61H37N5O/c1-3-15-38(16-4-1)39-27-29-40(30-28-39)59-62-60(43-31-32-47-45-21-9-12-24-50(45)65(53(47)37-43)44-19-5-2-6-20-44)64-61(63-59)58-52(33-34-56-57(58)48-23-11-14-26-55(48)67-56)66-51-25-13-10-22-46(51)49-35-41-17-7-8-18-42(41)36-54(49)66/h1-37H. The summed E-state index contributed by atoms with van der Waals surface area (Å²) in [5.74, 6) is 1.70. The topological polar surface area (TPSA) is 61.7 Å². The Morgan fingerprint density at radius 2 is 0.851 bits per heavy atom. The summed E-state index contributed by atoms with van der Waals surface area (Å²) >= 11 is 0. The molecule has 0 radical (unpaired) electrons. The first-order valence-corrected chi connectivity index (χ1v) is 22.6. The van der Waals surface area contributed by atoms with Crippen LogP contribution in [0.3, 0.4) is 0 Å². The second-order valence-electron chi connectivity index (χ2n) is 17.2. The predicted molar refractivity (Wildman–Crippen MR) is 275 cm³/mol. The molecular formula is C61H37N5O. The Morgan fingerprint density at radius 1 is 0.313 bits per heavy atom. The van der Waals surface area contributed by atoms with Gasteiger partial charge < -0.3 is 13.6 Å². The summed E-state index contributed by atoms with van der Waals surface area (Å²) in [5.41, 5.74) is 12.9. The lowest BCUT2D eigenvalue weighted by atomic mass is 10.0. The smallest absolute Gasteiger partial charge is 0.166 e. The summed E-state index contributed by atoms with van der Waals surface area (Å²) < 4.78 is 11.4. The second-order valence-corrected chi connectivity index (χ2v) is 17.2. The molecule has 0 bridgehead atoms. The lowest BCUT2D eigenvalue weighted by Gasteiger charge is -2.16. The molecule has 67 heavy (non-hydrogen) atoms. The highest BCUT2D eigenvalue weighted by molar-refractivity contribution is 6.17. The van der Waals surface area contributed by atoms with Crippen molar-refractivity contribution in [1.29, 1.82) is 0 Å². The monoisotopic (exact) mass is 855 g/mol. The highest BCUT2D eigenvalue weighted by atomic mass is 16.3. The van der Waals surface area contributed by atoms with E-state index < -0.39 is 0 Å². The van der Waals surface area contributed by atoms with E-state index in [-0.39, 0.29) is 0 Å². The fraction of sp³-hybridized carbons (Fsp3) is 0. The molecule has 0 aliphatic rings. The molecule has 0 spiro atoms. The van der Waals surface area contributed by atoms with Gasteiger partial charge in [0.2, 0.25) is 0 Å². The minimum absolute atomic E-state index is 0.551. The van der Waals surface area contributed by atoms with E-state index in [4.69, 9.17) is 19.4 Å². The molecule has 0 fully saturated rings. The summed E-state index contributed by atoms with van der Waals surface area (Å²) in [6.45, 7) is 0. The number of benzene rings is 10. The van der Waals surface area contributed by atoms with Crippen LogP contribution >= 0.6 is 0 Å². The van der Waals surface area contributed by atoms with E-state index in [0.29, 0.717) is 17.5 Å². The molecule has 0 unspecified atom stereocenters. The second kappa shape index (κ2) is 14.7. The van der Waals surface area contributed by atoms with E-state index in [9.17, 15) is 0 Å². The van der Waals surface area contributed by atoms with Crippen LogP contribution in [0.15, 0.2) is 229 Å². The van der Waals surface area contributed by atoms with Crippen molar-refractivity contribution >= 4 is 76.3 Å². The molecule has 0 N–H and O–H groups in total.